The number of para-hydroxylation sites is 1. The summed E-state index contributed by atoms with van der Waals surface area (Å²) in [6, 6.07) is 7.21. The number of fused-ring (bicyclic) bond motifs is 1. The molecule has 0 bridgehead atoms. The Morgan fingerprint density at radius 1 is 1.39 bits per heavy atom. The Kier molecular flexibility index (Phi) is 3.36. The second-order valence-electron chi connectivity index (χ2n) is 4.65. The number of nitrogens with zero attached hydrogens (tertiary/aromatic N) is 1. The molecule has 2 rings (SSSR count). The molecular formula is C14H17NO3. The van der Waals surface area contributed by atoms with Gasteiger partial charge in [-0.3, -0.25) is 9.59 Å². The van der Waals surface area contributed by atoms with Gasteiger partial charge < -0.3 is 10.0 Å². The van der Waals surface area contributed by atoms with Crippen molar-refractivity contribution in [2.24, 2.45) is 0 Å². The summed E-state index contributed by atoms with van der Waals surface area (Å²) in [6.45, 7) is 3.72. The predicted molar refractivity (Wildman–Crippen MR) is 68.7 cm³/mol. The van der Waals surface area contributed by atoms with Gasteiger partial charge in [0.1, 0.15) is 0 Å². The van der Waals surface area contributed by atoms with Gasteiger partial charge in [-0.15, -0.1) is 0 Å². The van der Waals surface area contributed by atoms with Gasteiger partial charge in [0.25, 0.3) is 0 Å². The van der Waals surface area contributed by atoms with Crippen molar-refractivity contribution in [2.75, 3.05) is 4.90 Å². The number of carboxylic acid groups (broad SMARTS) is 1. The highest BCUT2D eigenvalue weighted by atomic mass is 16.4. The van der Waals surface area contributed by atoms with Crippen LogP contribution in [0.25, 0.3) is 0 Å². The SMILES string of the molecule is CCC(=O)N1c2ccccc2C(C(=O)O)CC1C. The molecule has 1 aromatic carbocycles. The van der Waals surface area contributed by atoms with Gasteiger partial charge in [-0.25, -0.2) is 0 Å². The minimum atomic E-state index is -0.821. The van der Waals surface area contributed by atoms with E-state index >= 15 is 0 Å². The predicted octanol–water partition coefficient (Wildman–Crippen LogP) is 2.39. The van der Waals surface area contributed by atoms with Crippen LogP contribution in [0.1, 0.15) is 38.2 Å². The molecule has 0 fully saturated rings. The van der Waals surface area contributed by atoms with Crippen LogP contribution >= 0.6 is 0 Å². The molecule has 2 unspecified atom stereocenters. The van der Waals surface area contributed by atoms with E-state index < -0.39 is 11.9 Å². The topological polar surface area (TPSA) is 57.6 Å². The quantitative estimate of drug-likeness (QED) is 0.873. The maximum absolute atomic E-state index is 12.0. The molecule has 4 heteroatoms. The summed E-state index contributed by atoms with van der Waals surface area (Å²) in [5, 5.41) is 9.28. The first-order chi connectivity index (χ1) is 8.56. The highest BCUT2D eigenvalue weighted by Crippen LogP contribution is 2.38. The molecule has 1 aliphatic rings. The Bertz CT molecular complexity index is 484. The van der Waals surface area contributed by atoms with Gasteiger partial charge in [-0.1, -0.05) is 25.1 Å². The third-order valence-electron chi connectivity index (χ3n) is 3.46. The summed E-state index contributed by atoms with van der Waals surface area (Å²) in [7, 11) is 0. The highest BCUT2D eigenvalue weighted by molar-refractivity contribution is 5.96. The van der Waals surface area contributed by atoms with E-state index in [1.807, 2.05) is 32.0 Å². The van der Waals surface area contributed by atoms with Crippen LogP contribution in [-0.2, 0) is 9.59 Å². The monoisotopic (exact) mass is 247 g/mol. The first-order valence-electron chi connectivity index (χ1n) is 6.20. The van der Waals surface area contributed by atoms with Crippen LogP contribution in [0.4, 0.5) is 5.69 Å². The smallest absolute Gasteiger partial charge is 0.311 e. The second kappa shape index (κ2) is 4.80. The van der Waals surface area contributed by atoms with Crippen molar-refractivity contribution in [3.63, 3.8) is 0 Å². The van der Waals surface area contributed by atoms with Crippen LogP contribution < -0.4 is 4.90 Å². The molecule has 0 aromatic heterocycles. The van der Waals surface area contributed by atoms with Crippen LogP contribution in [0.15, 0.2) is 24.3 Å². The summed E-state index contributed by atoms with van der Waals surface area (Å²) >= 11 is 0. The summed E-state index contributed by atoms with van der Waals surface area (Å²) < 4.78 is 0. The molecule has 1 N–H and O–H groups in total. The number of aliphatic carboxylic acids is 1. The van der Waals surface area contributed by atoms with Gasteiger partial charge in [0.15, 0.2) is 0 Å². The lowest BCUT2D eigenvalue weighted by Crippen LogP contribution is -2.44. The molecule has 0 radical (unpaired) electrons. The lowest BCUT2D eigenvalue weighted by Gasteiger charge is -2.38. The van der Waals surface area contributed by atoms with Crippen LogP contribution in [0.5, 0.6) is 0 Å². The summed E-state index contributed by atoms with van der Waals surface area (Å²) in [4.78, 5) is 25.0. The van der Waals surface area contributed by atoms with Crippen LogP contribution in [0, 0.1) is 0 Å². The average Bonchev–Trinajstić information content (AvgIpc) is 2.36. The number of carbonyl (C=O) groups excluding carboxylic acids is 1. The van der Waals surface area contributed by atoms with E-state index in [-0.39, 0.29) is 11.9 Å². The molecule has 1 aliphatic heterocycles. The average molecular weight is 247 g/mol. The number of anilines is 1. The molecule has 0 aliphatic carbocycles. The van der Waals surface area contributed by atoms with E-state index in [1.54, 1.807) is 11.0 Å². The largest absolute Gasteiger partial charge is 0.481 e. The zero-order valence-electron chi connectivity index (χ0n) is 10.6. The number of hydrogen-bond acceptors (Lipinski definition) is 2. The Morgan fingerprint density at radius 2 is 2.06 bits per heavy atom. The summed E-state index contributed by atoms with van der Waals surface area (Å²) in [5.74, 6) is -1.30. The van der Waals surface area contributed by atoms with Gasteiger partial charge in [0.05, 0.1) is 5.92 Å². The lowest BCUT2D eigenvalue weighted by molar-refractivity contribution is -0.139. The zero-order valence-corrected chi connectivity index (χ0v) is 10.6. The van der Waals surface area contributed by atoms with Crippen molar-refractivity contribution >= 4 is 17.6 Å². The maximum atomic E-state index is 12.0. The Hall–Kier alpha value is -1.84. The lowest BCUT2D eigenvalue weighted by atomic mass is 9.86. The molecule has 18 heavy (non-hydrogen) atoms. The van der Waals surface area contributed by atoms with Gasteiger partial charge in [-0.05, 0) is 25.0 Å². The van der Waals surface area contributed by atoms with Gasteiger partial charge in [0.2, 0.25) is 5.91 Å². The van der Waals surface area contributed by atoms with E-state index in [1.165, 1.54) is 0 Å². The van der Waals surface area contributed by atoms with Crippen LogP contribution in [-0.4, -0.2) is 23.0 Å². The molecule has 0 spiro atoms. The molecule has 96 valence electrons. The van der Waals surface area contributed by atoms with E-state index in [0.29, 0.717) is 12.8 Å². The zero-order chi connectivity index (χ0) is 13.3. The van der Waals surface area contributed by atoms with Crippen molar-refractivity contribution in [1.82, 2.24) is 0 Å². The van der Waals surface area contributed by atoms with E-state index in [0.717, 1.165) is 11.3 Å². The van der Waals surface area contributed by atoms with Gasteiger partial charge in [-0.2, -0.15) is 0 Å². The van der Waals surface area contributed by atoms with Gasteiger partial charge >= 0.3 is 5.97 Å². The fourth-order valence-electron chi connectivity index (χ4n) is 2.60. The molecule has 0 saturated heterocycles. The standard InChI is InChI=1S/C14H17NO3/c1-3-13(16)15-9(2)8-11(14(17)18)10-6-4-5-7-12(10)15/h4-7,9,11H,3,8H2,1-2H3,(H,17,18). The van der Waals surface area contributed by atoms with E-state index in [9.17, 15) is 14.7 Å². The Morgan fingerprint density at radius 3 is 2.67 bits per heavy atom. The normalized spacial score (nSPS) is 22.4. The van der Waals surface area contributed by atoms with Crippen molar-refractivity contribution in [2.45, 2.75) is 38.6 Å². The fraction of sp³-hybridized carbons (Fsp3) is 0.429. The number of benzene rings is 1. The molecule has 4 nitrogen and oxygen atoms in total. The molecule has 1 amide bonds. The molecule has 0 saturated carbocycles. The van der Waals surface area contributed by atoms with Gasteiger partial charge in [0, 0.05) is 18.2 Å². The Balaban J connectivity index is 2.51. The number of hydrogen-bond donors (Lipinski definition) is 1. The van der Waals surface area contributed by atoms with Crippen molar-refractivity contribution in [3.05, 3.63) is 29.8 Å². The highest BCUT2D eigenvalue weighted by Gasteiger charge is 2.36. The first-order valence-corrected chi connectivity index (χ1v) is 6.20. The molecule has 2 atom stereocenters. The maximum Gasteiger partial charge on any atom is 0.311 e. The van der Waals surface area contributed by atoms with E-state index in [4.69, 9.17) is 0 Å². The summed E-state index contributed by atoms with van der Waals surface area (Å²) in [6.07, 6.45) is 0.897. The van der Waals surface area contributed by atoms with Crippen molar-refractivity contribution in [3.8, 4) is 0 Å². The number of rotatable bonds is 2. The minimum absolute atomic E-state index is 0.0405. The molecule has 1 heterocycles. The number of carbonyl (C=O) groups is 2. The first kappa shape index (κ1) is 12.6. The minimum Gasteiger partial charge on any atom is -0.481 e. The van der Waals surface area contributed by atoms with E-state index in [2.05, 4.69) is 0 Å². The third-order valence-corrected chi connectivity index (χ3v) is 3.46. The van der Waals surface area contributed by atoms with Crippen LogP contribution in [0.2, 0.25) is 0 Å². The van der Waals surface area contributed by atoms with Crippen molar-refractivity contribution in [1.29, 1.82) is 0 Å². The van der Waals surface area contributed by atoms with Crippen molar-refractivity contribution < 1.29 is 14.7 Å². The Labute approximate surface area is 106 Å². The number of amides is 1. The summed E-state index contributed by atoms with van der Waals surface area (Å²) in [5.41, 5.74) is 1.49. The third kappa shape index (κ3) is 1.98. The second-order valence-corrected chi connectivity index (χ2v) is 4.65. The molecular weight excluding hydrogens is 230 g/mol. The fourth-order valence-corrected chi connectivity index (χ4v) is 2.60. The number of carboxylic acids is 1. The van der Waals surface area contributed by atoms with Crippen LogP contribution in [0.3, 0.4) is 0 Å². The molecule has 1 aromatic rings.